The van der Waals surface area contributed by atoms with Crippen molar-refractivity contribution in [2.45, 2.75) is 50.8 Å². The first-order valence-electron chi connectivity index (χ1n) is 9.26. The Hall–Kier alpha value is -1.76. The number of carbonyl (C=O) groups is 1. The van der Waals surface area contributed by atoms with E-state index in [4.69, 9.17) is 4.74 Å². The maximum absolute atomic E-state index is 12.6. The van der Waals surface area contributed by atoms with E-state index < -0.39 is 18.6 Å². The first kappa shape index (κ1) is 19.0. The lowest BCUT2D eigenvalue weighted by Crippen LogP contribution is -2.44. The minimum atomic E-state index is -4.24. The number of hydrogen-bond acceptors (Lipinski definition) is 3. The molecule has 3 rings (SSSR count). The molecule has 0 bridgehead atoms. The fraction of sp³-hybridized carbons (Fsp3) is 0.632. The topological polar surface area (TPSA) is 41.6 Å². The highest BCUT2D eigenvalue weighted by Crippen LogP contribution is 2.31. The molecule has 1 unspecified atom stereocenters. The summed E-state index contributed by atoms with van der Waals surface area (Å²) in [5, 5.41) is 2.87. The highest BCUT2D eigenvalue weighted by Gasteiger charge is 2.34. The molecule has 2 aliphatic rings. The van der Waals surface area contributed by atoms with Crippen LogP contribution in [0.25, 0.3) is 0 Å². The van der Waals surface area contributed by atoms with E-state index >= 15 is 0 Å². The molecule has 4 nitrogen and oxygen atoms in total. The summed E-state index contributed by atoms with van der Waals surface area (Å²) >= 11 is 0. The molecule has 0 aromatic heterocycles. The number of para-hydroxylation sites is 2. The summed E-state index contributed by atoms with van der Waals surface area (Å²) in [6.45, 7) is -0.445. The number of likely N-dealkylation sites (tertiary alicyclic amines) is 1. The Morgan fingerprint density at radius 2 is 1.88 bits per heavy atom. The highest BCUT2D eigenvalue weighted by molar-refractivity contribution is 5.94. The van der Waals surface area contributed by atoms with Crippen LogP contribution in [0.5, 0.6) is 5.75 Å². The highest BCUT2D eigenvalue weighted by atomic mass is 19.4. The van der Waals surface area contributed by atoms with Crippen molar-refractivity contribution in [2.75, 3.05) is 25.0 Å². The lowest BCUT2D eigenvalue weighted by Gasteiger charge is -2.32. The molecular formula is C19H25F3N2O2. The van der Waals surface area contributed by atoms with Crippen LogP contribution >= 0.6 is 0 Å². The van der Waals surface area contributed by atoms with E-state index in [0.29, 0.717) is 30.8 Å². The van der Waals surface area contributed by atoms with Crippen molar-refractivity contribution in [1.29, 1.82) is 0 Å². The van der Waals surface area contributed by atoms with Crippen LogP contribution in [0.2, 0.25) is 0 Å². The van der Waals surface area contributed by atoms with Crippen LogP contribution in [0.1, 0.15) is 38.5 Å². The standard InChI is InChI=1S/C19H25F3N2O2/c20-19(21,22)13-24-11-5-6-14(12-24)18(25)23-16-9-3-4-10-17(16)26-15-7-1-2-8-15/h3-4,9-10,14-15H,1-2,5-8,11-13H2,(H,23,25). The molecule has 1 aromatic carbocycles. The molecule has 1 heterocycles. The molecule has 1 atom stereocenters. The van der Waals surface area contributed by atoms with Crippen LogP contribution in [-0.2, 0) is 4.79 Å². The number of anilines is 1. The number of halogens is 3. The predicted octanol–water partition coefficient (Wildman–Crippen LogP) is 4.22. The van der Waals surface area contributed by atoms with Crippen molar-refractivity contribution >= 4 is 11.6 Å². The van der Waals surface area contributed by atoms with E-state index in [1.54, 1.807) is 6.07 Å². The minimum absolute atomic E-state index is 0.136. The normalized spacial score (nSPS) is 22.3. The number of nitrogens with one attached hydrogen (secondary N) is 1. The molecular weight excluding hydrogens is 345 g/mol. The Kier molecular flexibility index (Phi) is 6.06. The van der Waals surface area contributed by atoms with Crippen LogP contribution in [0.3, 0.4) is 0 Å². The summed E-state index contributed by atoms with van der Waals surface area (Å²) in [4.78, 5) is 13.9. The number of rotatable bonds is 5. The molecule has 26 heavy (non-hydrogen) atoms. The molecule has 7 heteroatoms. The van der Waals surface area contributed by atoms with Gasteiger partial charge in [0.1, 0.15) is 5.75 Å². The first-order valence-corrected chi connectivity index (χ1v) is 9.26. The average Bonchev–Trinajstić information content (AvgIpc) is 3.08. The fourth-order valence-electron chi connectivity index (χ4n) is 3.76. The van der Waals surface area contributed by atoms with Gasteiger partial charge in [0.05, 0.1) is 24.3 Å². The third-order valence-electron chi connectivity index (χ3n) is 5.02. The van der Waals surface area contributed by atoms with Crippen molar-refractivity contribution in [3.05, 3.63) is 24.3 Å². The molecule has 1 saturated heterocycles. The molecule has 1 aliphatic carbocycles. The van der Waals surface area contributed by atoms with Crippen LogP contribution in [-0.4, -0.2) is 42.7 Å². The van der Waals surface area contributed by atoms with Gasteiger partial charge in [-0.2, -0.15) is 13.2 Å². The van der Waals surface area contributed by atoms with Gasteiger partial charge in [-0.25, -0.2) is 0 Å². The third-order valence-corrected chi connectivity index (χ3v) is 5.02. The number of amides is 1. The summed E-state index contributed by atoms with van der Waals surface area (Å²) in [6.07, 6.45) is 1.45. The molecule has 0 radical (unpaired) electrons. The molecule has 1 aromatic rings. The number of nitrogens with zero attached hydrogens (tertiary/aromatic N) is 1. The molecule has 2 fully saturated rings. The number of alkyl halides is 3. The summed E-state index contributed by atoms with van der Waals surface area (Å²) in [6, 6.07) is 7.27. The van der Waals surface area contributed by atoms with Gasteiger partial charge in [-0.15, -0.1) is 0 Å². The van der Waals surface area contributed by atoms with E-state index in [2.05, 4.69) is 5.32 Å². The third kappa shape index (κ3) is 5.37. The van der Waals surface area contributed by atoms with E-state index in [9.17, 15) is 18.0 Å². The van der Waals surface area contributed by atoms with Crippen molar-refractivity contribution < 1.29 is 22.7 Å². The van der Waals surface area contributed by atoms with E-state index in [0.717, 1.165) is 25.7 Å². The zero-order valence-electron chi connectivity index (χ0n) is 14.7. The lowest BCUT2D eigenvalue weighted by atomic mass is 9.97. The Morgan fingerprint density at radius 1 is 1.15 bits per heavy atom. The number of ether oxygens (including phenoxy) is 1. The number of carbonyl (C=O) groups excluding carboxylic acids is 1. The maximum Gasteiger partial charge on any atom is 0.401 e. The Balaban J connectivity index is 1.60. The Bertz CT molecular complexity index is 615. The van der Waals surface area contributed by atoms with E-state index in [-0.39, 0.29) is 18.6 Å². The van der Waals surface area contributed by atoms with Gasteiger partial charge in [0.25, 0.3) is 0 Å². The summed E-state index contributed by atoms with van der Waals surface area (Å²) < 4.78 is 43.8. The summed E-state index contributed by atoms with van der Waals surface area (Å²) in [5.41, 5.74) is 0.595. The quantitative estimate of drug-likeness (QED) is 0.844. The molecule has 1 N–H and O–H groups in total. The SMILES string of the molecule is O=C(Nc1ccccc1OC1CCCC1)C1CCCN(CC(F)(F)F)C1. The summed E-state index contributed by atoms with van der Waals surface area (Å²) in [5.74, 6) is -0.0410. The average molecular weight is 370 g/mol. The number of piperidine rings is 1. The zero-order chi connectivity index (χ0) is 18.6. The lowest BCUT2D eigenvalue weighted by molar-refractivity contribution is -0.151. The van der Waals surface area contributed by atoms with Crippen molar-refractivity contribution in [1.82, 2.24) is 4.90 Å². The van der Waals surface area contributed by atoms with E-state index in [1.165, 1.54) is 4.90 Å². The monoisotopic (exact) mass is 370 g/mol. The van der Waals surface area contributed by atoms with Crippen molar-refractivity contribution in [3.8, 4) is 5.75 Å². The minimum Gasteiger partial charge on any atom is -0.488 e. The van der Waals surface area contributed by atoms with E-state index in [1.807, 2.05) is 18.2 Å². The molecule has 1 aliphatic heterocycles. The molecule has 144 valence electrons. The van der Waals surface area contributed by atoms with Crippen LogP contribution in [0.4, 0.5) is 18.9 Å². The number of benzene rings is 1. The smallest absolute Gasteiger partial charge is 0.401 e. The number of hydrogen-bond donors (Lipinski definition) is 1. The first-order chi connectivity index (χ1) is 12.4. The van der Waals surface area contributed by atoms with Gasteiger partial charge in [0, 0.05) is 6.54 Å². The van der Waals surface area contributed by atoms with Crippen molar-refractivity contribution in [3.63, 3.8) is 0 Å². The van der Waals surface area contributed by atoms with Crippen LogP contribution in [0, 0.1) is 5.92 Å². The molecule has 0 spiro atoms. The van der Waals surface area contributed by atoms with Crippen LogP contribution < -0.4 is 10.1 Å². The van der Waals surface area contributed by atoms with Gasteiger partial charge in [-0.1, -0.05) is 12.1 Å². The van der Waals surface area contributed by atoms with Crippen LogP contribution in [0.15, 0.2) is 24.3 Å². The van der Waals surface area contributed by atoms with Crippen molar-refractivity contribution in [2.24, 2.45) is 5.92 Å². The molecule has 1 saturated carbocycles. The predicted molar refractivity (Wildman–Crippen MR) is 93.2 cm³/mol. The maximum atomic E-state index is 12.6. The Morgan fingerprint density at radius 3 is 2.62 bits per heavy atom. The van der Waals surface area contributed by atoms with Gasteiger partial charge in [-0.05, 0) is 57.2 Å². The summed E-state index contributed by atoms with van der Waals surface area (Å²) in [7, 11) is 0. The van der Waals surface area contributed by atoms with Gasteiger partial charge in [0.2, 0.25) is 5.91 Å². The second-order valence-electron chi connectivity index (χ2n) is 7.20. The van der Waals surface area contributed by atoms with Gasteiger partial charge in [-0.3, -0.25) is 9.69 Å². The Labute approximate surface area is 151 Å². The fourth-order valence-corrected chi connectivity index (χ4v) is 3.76. The second-order valence-corrected chi connectivity index (χ2v) is 7.20. The zero-order valence-corrected chi connectivity index (χ0v) is 14.7. The largest absolute Gasteiger partial charge is 0.488 e. The van der Waals surface area contributed by atoms with Gasteiger partial charge >= 0.3 is 6.18 Å². The molecule has 1 amide bonds. The van der Waals surface area contributed by atoms with Gasteiger partial charge < -0.3 is 10.1 Å². The second kappa shape index (κ2) is 8.29. The van der Waals surface area contributed by atoms with Gasteiger partial charge in [0.15, 0.2) is 0 Å².